The molecule has 1 aromatic rings. The maximum atomic E-state index is 13.0. The molecule has 3 atom stereocenters. The molecule has 16 heteroatoms. The molecular formula is C20H31N7O8S. The number of aromatic nitrogens is 2. The first-order chi connectivity index (χ1) is 16.9. The highest BCUT2D eigenvalue weighted by atomic mass is 32.2. The summed E-state index contributed by atoms with van der Waals surface area (Å²) in [5.74, 6) is -4.91. The molecule has 0 bridgehead atoms. The van der Waals surface area contributed by atoms with E-state index in [0.717, 1.165) is 0 Å². The van der Waals surface area contributed by atoms with Crippen LogP contribution < -0.4 is 27.4 Å². The Morgan fingerprint density at radius 1 is 1.08 bits per heavy atom. The minimum atomic E-state index is -1.32. The number of carbonyl (C=O) groups is 6. The predicted molar refractivity (Wildman–Crippen MR) is 127 cm³/mol. The molecule has 0 saturated heterocycles. The maximum Gasteiger partial charge on any atom is 0.322 e. The van der Waals surface area contributed by atoms with Crippen molar-refractivity contribution in [3.63, 3.8) is 0 Å². The molecule has 3 amide bonds. The molecule has 0 radical (unpaired) electrons. The Morgan fingerprint density at radius 2 is 1.72 bits per heavy atom. The van der Waals surface area contributed by atoms with Gasteiger partial charge in [-0.2, -0.15) is 0 Å². The summed E-state index contributed by atoms with van der Waals surface area (Å²) in [5, 5.41) is 24.2. The lowest BCUT2D eigenvalue weighted by molar-refractivity contribution is -0.139. The number of carboxylic acids is 2. The number of aliphatic carboxylic acids is 2. The second-order valence-electron chi connectivity index (χ2n) is 7.70. The second kappa shape index (κ2) is 15.5. The summed E-state index contributed by atoms with van der Waals surface area (Å²) in [6.45, 7) is -0.638. The van der Waals surface area contributed by atoms with E-state index in [1.807, 2.05) is 0 Å². The van der Waals surface area contributed by atoms with E-state index in [9.17, 15) is 28.8 Å². The summed E-state index contributed by atoms with van der Waals surface area (Å²) in [5.41, 5.74) is 11.4. The molecule has 0 aromatic carbocycles. The van der Waals surface area contributed by atoms with Gasteiger partial charge in [0.05, 0.1) is 6.33 Å². The van der Waals surface area contributed by atoms with Crippen LogP contribution in [0.15, 0.2) is 12.5 Å². The lowest BCUT2D eigenvalue weighted by Crippen LogP contribution is -2.50. The number of carboxylic acid groups (broad SMARTS) is 2. The lowest BCUT2D eigenvalue weighted by atomic mass is 10.1. The number of hydrogen-bond donors (Lipinski definition) is 7. The number of thioether (sulfide) groups is 1. The van der Waals surface area contributed by atoms with Crippen LogP contribution in [0.25, 0.3) is 0 Å². The molecule has 36 heavy (non-hydrogen) atoms. The van der Waals surface area contributed by atoms with E-state index in [2.05, 4.69) is 20.9 Å². The summed E-state index contributed by atoms with van der Waals surface area (Å²) in [4.78, 5) is 75.3. The first-order valence-electron chi connectivity index (χ1n) is 10.8. The number of nitrogens with two attached hydrogens (primary N) is 2. The average Bonchev–Trinajstić information content (AvgIpc) is 3.22. The average molecular weight is 530 g/mol. The Morgan fingerprint density at radius 3 is 2.28 bits per heavy atom. The fourth-order valence-corrected chi connectivity index (χ4v) is 3.70. The predicted octanol–water partition coefficient (Wildman–Crippen LogP) is -3.07. The van der Waals surface area contributed by atoms with Gasteiger partial charge >= 0.3 is 11.9 Å². The van der Waals surface area contributed by atoms with Crippen molar-refractivity contribution in [1.82, 2.24) is 25.5 Å². The first-order valence-corrected chi connectivity index (χ1v) is 11.8. The molecule has 200 valence electrons. The van der Waals surface area contributed by atoms with E-state index < -0.39 is 59.4 Å². The second-order valence-corrected chi connectivity index (χ2v) is 8.73. The third-order valence-corrected chi connectivity index (χ3v) is 5.85. The normalized spacial score (nSPS) is 13.2. The number of imidazole rings is 1. The SMILES string of the molecule is Cn1cncc1CC(NC(=O)CCN)C(=O)SCC(NC(=O)CCC(N)C(=O)O)C(=O)NCC(=O)O. The number of nitrogens with one attached hydrogen (secondary N) is 3. The van der Waals surface area contributed by atoms with Crippen molar-refractivity contribution < 1.29 is 39.0 Å². The molecule has 0 fully saturated rings. The van der Waals surface area contributed by atoms with Crippen LogP contribution in [0.5, 0.6) is 0 Å². The number of aryl methyl sites for hydroxylation is 1. The third kappa shape index (κ3) is 11.3. The molecule has 15 nitrogen and oxygen atoms in total. The zero-order valence-corrected chi connectivity index (χ0v) is 20.5. The zero-order valence-electron chi connectivity index (χ0n) is 19.6. The van der Waals surface area contributed by atoms with E-state index >= 15 is 0 Å². The molecule has 3 unspecified atom stereocenters. The van der Waals surface area contributed by atoms with Crippen molar-refractivity contribution in [2.45, 2.75) is 43.8 Å². The van der Waals surface area contributed by atoms with Crippen molar-refractivity contribution in [2.75, 3.05) is 18.8 Å². The Labute approximate surface area is 210 Å². The molecule has 9 N–H and O–H groups in total. The van der Waals surface area contributed by atoms with Gasteiger partial charge in [0.25, 0.3) is 0 Å². The minimum absolute atomic E-state index is 0.00537. The third-order valence-electron chi connectivity index (χ3n) is 4.78. The Hall–Kier alpha value is -3.50. The zero-order chi connectivity index (χ0) is 27.3. The molecule has 0 aliphatic heterocycles. The lowest BCUT2D eigenvalue weighted by Gasteiger charge is -2.20. The van der Waals surface area contributed by atoms with Crippen LogP contribution in [0.4, 0.5) is 0 Å². The van der Waals surface area contributed by atoms with Gasteiger partial charge in [0.2, 0.25) is 22.8 Å². The van der Waals surface area contributed by atoms with Crippen LogP contribution in [0.2, 0.25) is 0 Å². The van der Waals surface area contributed by atoms with E-state index in [1.54, 1.807) is 11.6 Å². The summed E-state index contributed by atoms with van der Waals surface area (Å²) < 4.78 is 1.67. The van der Waals surface area contributed by atoms with Crippen molar-refractivity contribution in [3.05, 3.63) is 18.2 Å². The molecule has 0 spiro atoms. The van der Waals surface area contributed by atoms with Gasteiger partial charge < -0.3 is 42.2 Å². The highest BCUT2D eigenvalue weighted by Crippen LogP contribution is 2.13. The standard InChI is InChI=1S/C20H31N7O8S/c1-27-10-23-7-11(27)6-13(25-16(29)4-5-21)20(35)36-9-14(18(32)24-8-17(30)31)26-15(28)3-2-12(22)19(33)34/h7,10,12-14H,2-6,8-9,21-22H2,1H3,(H,24,32)(H,25,29)(H,26,28)(H,30,31)(H,33,34). The van der Waals surface area contributed by atoms with Gasteiger partial charge in [0.1, 0.15) is 24.7 Å². The fourth-order valence-electron chi connectivity index (χ4n) is 2.79. The minimum Gasteiger partial charge on any atom is -0.480 e. The smallest absolute Gasteiger partial charge is 0.322 e. The van der Waals surface area contributed by atoms with E-state index in [0.29, 0.717) is 17.5 Å². The van der Waals surface area contributed by atoms with Crippen LogP contribution in [0, 0.1) is 0 Å². The molecule has 0 aliphatic rings. The van der Waals surface area contributed by atoms with E-state index in [1.165, 1.54) is 12.5 Å². The van der Waals surface area contributed by atoms with Gasteiger partial charge in [-0.1, -0.05) is 11.8 Å². The Bertz CT molecular complexity index is 954. The van der Waals surface area contributed by atoms with Gasteiger partial charge in [0.15, 0.2) is 0 Å². The van der Waals surface area contributed by atoms with Crippen LogP contribution in [0.1, 0.15) is 25.0 Å². The summed E-state index contributed by atoms with van der Waals surface area (Å²) >= 11 is 0.658. The molecule has 1 heterocycles. The molecule has 1 rings (SSSR count). The number of carbonyl (C=O) groups excluding carboxylic acids is 4. The quantitative estimate of drug-likeness (QED) is 0.113. The number of nitrogens with zero attached hydrogens (tertiary/aromatic N) is 2. The summed E-state index contributed by atoms with van der Waals surface area (Å²) in [6.07, 6.45) is 2.65. The molecular weight excluding hydrogens is 498 g/mol. The monoisotopic (exact) mass is 529 g/mol. The maximum absolute atomic E-state index is 13.0. The Kier molecular flexibility index (Phi) is 13.1. The van der Waals surface area contributed by atoms with Gasteiger partial charge in [-0.3, -0.25) is 28.8 Å². The van der Waals surface area contributed by atoms with Crippen molar-refractivity contribution in [3.8, 4) is 0 Å². The summed E-state index contributed by atoms with van der Waals surface area (Å²) in [6, 6.07) is -3.59. The number of rotatable bonds is 16. The van der Waals surface area contributed by atoms with Crippen LogP contribution >= 0.6 is 11.8 Å². The van der Waals surface area contributed by atoms with Gasteiger partial charge in [-0.25, -0.2) is 4.98 Å². The largest absolute Gasteiger partial charge is 0.480 e. The van der Waals surface area contributed by atoms with Gasteiger partial charge in [-0.15, -0.1) is 0 Å². The van der Waals surface area contributed by atoms with Crippen molar-refractivity contribution >= 4 is 46.5 Å². The van der Waals surface area contributed by atoms with Crippen molar-refractivity contribution in [1.29, 1.82) is 0 Å². The topological polar surface area (TPSA) is 249 Å². The highest BCUT2D eigenvalue weighted by molar-refractivity contribution is 8.13. The van der Waals surface area contributed by atoms with Crippen LogP contribution in [0.3, 0.4) is 0 Å². The van der Waals surface area contributed by atoms with Gasteiger partial charge in [0, 0.05) is 50.5 Å². The molecule has 1 aromatic heterocycles. The Balaban J connectivity index is 2.90. The van der Waals surface area contributed by atoms with Crippen molar-refractivity contribution in [2.24, 2.45) is 18.5 Å². The van der Waals surface area contributed by atoms with E-state index in [4.69, 9.17) is 21.7 Å². The van der Waals surface area contributed by atoms with E-state index in [-0.39, 0.29) is 38.0 Å². The fraction of sp³-hybridized carbons (Fsp3) is 0.550. The summed E-state index contributed by atoms with van der Waals surface area (Å²) in [7, 11) is 1.72. The highest BCUT2D eigenvalue weighted by Gasteiger charge is 2.27. The molecule has 0 aliphatic carbocycles. The first kappa shape index (κ1) is 30.5. The van der Waals surface area contributed by atoms with Gasteiger partial charge in [-0.05, 0) is 6.42 Å². The number of hydrogen-bond acceptors (Lipinski definition) is 10. The molecule has 0 saturated carbocycles. The van der Waals surface area contributed by atoms with Crippen LogP contribution in [-0.2, 0) is 42.2 Å². The number of amides is 3. The van der Waals surface area contributed by atoms with Crippen LogP contribution in [-0.4, -0.2) is 91.5 Å².